The molecule has 1 unspecified atom stereocenters. The third-order valence-electron chi connectivity index (χ3n) is 4.77. The number of nitrogens with one attached hydrogen (secondary N) is 2. The minimum Gasteiger partial charge on any atom is -0.508 e. The Hall–Kier alpha value is -2.00. The van der Waals surface area contributed by atoms with E-state index in [4.69, 9.17) is 14.5 Å². The molecule has 0 spiro atoms. The molecule has 7 heteroatoms. The van der Waals surface area contributed by atoms with Crippen LogP contribution in [0.4, 0.5) is 0 Å². The van der Waals surface area contributed by atoms with Crippen LogP contribution >= 0.6 is 24.0 Å². The molecule has 1 atom stereocenters. The van der Waals surface area contributed by atoms with Gasteiger partial charge in [0.15, 0.2) is 5.96 Å². The minimum atomic E-state index is 0. The maximum atomic E-state index is 9.59. The number of ether oxygens (including phenoxy) is 2. The van der Waals surface area contributed by atoms with Crippen molar-refractivity contribution in [3.8, 4) is 11.5 Å². The zero-order valence-electron chi connectivity index (χ0n) is 17.7. The van der Waals surface area contributed by atoms with Crippen LogP contribution in [0.5, 0.6) is 11.5 Å². The van der Waals surface area contributed by atoms with Gasteiger partial charge in [0, 0.05) is 25.1 Å². The molecule has 2 aromatic carbocycles. The van der Waals surface area contributed by atoms with Gasteiger partial charge in [-0.15, -0.1) is 24.0 Å². The van der Waals surface area contributed by atoms with E-state index in [-0.39, 0.29) is 30.1 Å². The van der Waals surface area contributed by atoms with Crippen molar-refractivity contribution in [2.45, 2.75) is 39.3 Å². The summed E-state index contributed by atoms with van der Waals surface area (Å²) >= 11 is 0. The fourth-order valence-corrected chi connectivity index (χ4v) is 3.23. The zero-order chi connectivity index (χ0) is 20.5. The van der Waals surface area contributed by atoms with Crippen LogP contribution in [-0.2, 0) is 17.7 Å². The summed E-state index contributed by atoms with van der Waals surface area (Å²) in [6.07, 6.45) is 1.85. The van der Waals surface area contributed by atoms with Crippen LogP contribution < -0.4 is 15.4 Å². The molecule has 2 aromatic rings. The summed E-state index contributed by atoms with van der Waals surface area (Å²) in [5, 5.41) is 16.2. The van der Waals surface area contributed by atoms with E-state index in [2.05, 4.69) is 35.8 Å². The number of rotatable bonds is 8. The second-order valence-corrected chi connectivity index (χ2v) is 7.26. The van der Waals surface area contributed by atoms with Crippen LogP contribution in [0.3, 0.4) is 0 Å². The number of nitrogens with zero attached hydrogens (tertiary/aromatic N) is 1. The highest BCUT2D eigenvalue weighted by Crippen LogP contribution is 2.24. The van der Waals surface area contributed by atoms with Gasteiger partial charge in [0.25, 0.3) is 0 Å². The Kier molecular flexibility index (Phi) is 10.2. The summed E-state index contributed by atoms with van der Waals surface area (Å²) in [5.41, 5.74) is 3.32. The topological polar surface area (TPSA) is 75.1 Å². The Bertz CT molecular complexity index is 823. The molecule has 0 aromatic heterocycles. The zero-order valence-corrected chi connectivity index (χ0v) is 20.0. The number of halogens is 1. The van der Waals surface area contributed by atoms with E-state index in [0.717, 1.165) is 55.4 Å². The van der Waals surface area contributed by atoms with E-state index >= 15 is 0 Å². The van der Waals surface area contributed by atoms with Gasteiger partial charge in [0.1, 0.15) is 17.6 Å². The van der Waals surface area contributed by atoms with Crippen molar-refractivity contribution in [3.05, 3.63) is 59.2 Å². The monoisotopic (exact) mass is 525 g/mol. The van der Waals surface area contributed by atoms with E-state index in [1.54, 1.807) is 12.1 Å². The van der Waals surface area contributed by atoms with Gasteiger partial charge in [-0.2, -0.15) is 0 Å². The van der Waals surface area contributed by atoms with Crippen LogP contribution in [0.15, 0.2) is 47.5 Å². The van der Waals surface area contributed by atoms with Crippen molar-refractivity contribution in [3.63, 3.8) is 0 Å². The summed E-state index contributed by atoms with van der Waals surface area (Å²) in [5.74, 6) is 1.95. The molecule has 164 valence electrons. The third kappa shape index (κ3) is 7.68. The lowest BCUT2D eigenvalue weighted by Crippen LogP contribution is -2.38. The van der Waals surface area contributed by atoms with Crippen molar-refractivity contribution >= 4 is 29.9 Å². The van der Waals surface area contributed by atoms with Gasteiger partial charge in [-0.1, -0.05) is 24.3 Å². The summed E-state index contributed by atoms with van der Waals surface area (Å²) in [6.45, 7) is 7.57. The van der Waals surface area contributed by atoms with Crippen LogP contribution in [0.2, 0.25) is 0 Å². The van der Waals surface area contributed by atoms with Gasteiger partial charge >= 0.3 is 0 Å². The Morgan fingerprint density at radius 3 is 2.83 bits per heavy atom. The second kappa shape index (κ2) is 12.6. The van der Waals surface area contributed by atoms with Crippen molar-refractivity contribution in [2.75, 3.05) is 26.3 Å². The first-order valence-electron chi connectivity index (χ1n) is 10.3. The van der Waals surface area contributed by atoms with Gasteiger partial charge < -0.3 is 25.2 Å². The maximum absolute atomic E-state index is 9.59. The van der Waals surface area contributed by atoms with Gasteiger partial charge in [-0.3, -0.25) is 0 Å². The van der Waals surface area contributed by atoms with Crippen LogP contribution in [0.25, 0.3) is 0 Å². The molecule has 3 N–H and O–H groups in total. The molecule has 3 rings (SSSR count). The number of aliphatic imine (C=N–C) groups is 1. The smallest absolute Gasteiger partial charge is 0.191 e. The molecule has 0 radical (unpaired) electrons. The van der Waals surface area contributed by atoms with E-state index in [0.29, 0.717) is 18.9 Å². The largest absolute Gasteiger partial charge is 0.508 e. The Balaban J connectivity index is 0.00000320. The molecule has 30 heavy (non-hydrogen) atoms. The van der Waals surface area contributed by atoms with E-state index < -0.39 is 0 Å². The molecule has 1 heterocycles. The highest BCUT2D eigenvalue weighted by atomic mass is 127. The predicted octanol–water partition coefficient (Wildman–Crippen LogP) is 3.78. The number of aromatic hydroxyl groups is 1. The van der Waals surface area contributed by atoms with E-state index in [1.807, 2.05) is 19.1 Å². The van der Waals surface area contributed by atoms with Crippen molar-refractivity contribution in [2.24, 2.45) is 4.99 Å². The van der Waals surface area contributed by atoms with E-state index in [9.17, 15) is 5.11 Å². The van der Waals surface area contributed by atoms with Gasteiger partial charge in [0.05, 0.1) is 19.8 Å². The highest BCUT2D eigenvalue weighted by molar-refractivity contribution is 14.0. The molecule has 1 fully saturated rings. The summed E-state index contributed by atoms with van der Waals surface area (Å²) in [6, 6.07) is 13.6. The van der Waals surface area contributed by atoms with Crippen LogP contribution in [-0.4, -0.2) is 43.5 Å². The van der Waals surface area contributed by atoms with Crippen LogP contribution in [0.1, 0.15) is 30.0 Å². The predicted molar refractivity (Wildman–Crippen MR) is 131 cm³/mol. The molecule has 0 amide bonds. The average Bonchev–Trinajstić information content (AvgIpc) is 3.20. The number of hydrogen-bond acceptors (Lipinski definition) is 4. The van der Waals surface area contributed by atoms with Crippen molar-refractivity contribution in [1.29, 1.82) is 0 Å². The summed E-state index contributed by atoms with van der Waals surface area (Å²) in [7, 11) is 0. The highest BCUT2D eigenvalue weighted by Gasteiger charge is 2.18. The number of hydrogen-bond donors (Lipinski definition) is 3. The first-order chi connectivity index (χ1) is 14.1. The van der Waals surface area contributed by atoms with Crippen molar-refractivity contribution < 1.29 is 14.6 Å². The lowest BCUT2D eigenvalue weighted by Gasteiger charge is -2.16. The maximum Gasteiger partial charge on any atom is 0.191 e. The molecule has 0 bridgehead atoms. The standard InChI is InChI=1S/C23H31N3O3.HI/c1-3-24-23(25-11-9-18-5-4-6-20(27)14-18)26-15-19-8-7-17(2)13-22(19)29-21-10-12-28-16-21;/h4-8,13-14,21,27H,3,9-12,15-16H2,1-2H3,(H2,24,25,26);1H. The molecule has 6 nitrogen and oxygen atoms in total. The fraction of sp³-hybridized carbons (Fsp3) is 0.435. The molecule has 1 aliphatic heterocycles. The number of aryl methyl sites for hydroxylation is 1. The third-order valence-corrected chi connectivity index (χ3v) is 4.77. The van der Waals surface area contributed by atoms with Crippen LogP contribution in [0, 0.1) is 6.92 Å². The fourth-order valence-electron chi connectivity index (χ4n) is 3.23. The van der Waals surface area contributed by atoms with Gasteiger partial charge in [-0.25, -0.2) is 4.99 Å². The minimum absolute atomic E-state index is 0. The lowest BCUT2D eigenvalue weighted by atomic mass is 10.1. The molecular weight excluding hydrogens is 493 g/mol. The molecule has 1 saturated heterocycles. The summed E-state index contributed by atoms with van der Waals surface area (Å²) in [4.78, 5) is 4.73. The molecule has 0 aliphatic carbocycles. The lowest BCUT2D eigenvalue weighted by molar-refractivity contribution is 0.140. The van der Waals surface area contributed by atoms with Gasteiger partial charge in [0.2, 0.25) is 0 Å². The first kappa shape index (κ1) is 24.3. The van der Waals surface area contributed by atoms with Gasteiger partial charge in [-0.05, 0) is 49.6 Å². The first-order valence-corrected chi connectivity index (χ1v) is 10.3. The number of phenols is 1. The Morgan fingerprint density at radius 1 is 1.23 bits per heavy atom. The normalized spacial score (nSPS) is 16.1. The van der Waals surface area contributed by atoms with Crippen molar-refractivity contribution in [1.82, 2.24) is 10.6 Å². The summed E-state index contributed by atoms with van der Waals surface area (Å²) < 4.78 is 11.6. The second-order valence-electron chi connectivity index (χ2n) is 7.26. The molecular formula is C23H32IN3O3. The molecule has 0 saturated carbocycles. The number of guanidine groups is 1. The SMILES string of the molecule is CCNC(=NCc1ccc(C)cc1OC1CCOC1)NCCc1cccc(O)c1.I. The van der Waals surface area contributed by atoms with E-state index in [1.165, 1.54) is 5.56 Å². The average molecular weight is 525 g/mol. The Labute approximate surface area is 196 Å². The molecule has 1 aliphatic rings. The number of phenolic OH excluding ortho intramolecular Hbond substituents is 1. The number of benzene rings is 2. The quantitative estimate of drug-likeness (QED) is 0.278. The Morgan fingerprint density at radius 2 is 2.10 bits per heavy atom.